The van der Waals surface area contributed by atoms with Crippen LogP contribution < -0.4 is 5.32 Å². The van der Waals surface area contributed by atoms with E-state index in [1.54, 1.807) is 0 Å². The molecule has 2 rings (SSSR count). The van der Waals surface area contributed by atoms with Crippen LogP contribution in [0.3, 0.4) is 0 Å². The van der Waals surface area contributed by atoms with Crippen molar-refractivity contribution in [1.29, 1.82) is 0 Å². The van der Waals surface area contributed by atoms with E-state index in [1.807, 2.05) is 0 Å². The van der Waals surface area contributed by atoms with Gasteiger partial charge in [0.1, 0.15) is 6.04 Å². The van der Waals surface area contributed by atoms with Gasteiger partial charge < -0.3 is 15.5 Å². The quantitative estimate of drug-likeness (QED) is 0.684. The summed E-state index contributed by atoms with van der Waals surface area (Å²) < 4.78 is 0. The zero-order valence-electron chi connectivity index (χ0n) is 9.76. The monoisotopic (exact) mass is 241 g/mol. The number of fused-ring (bicyclic) bond motifs is 1. The number of carboxylic acid groups (broad SMARTS) is 2. The van der Waals surface area contributed by atoms with Crippen LogP contribution in [0.4, 0.5) is 0 Å². The number of hydrogen-bond donors (Lipinski definition) is 3. The minimum atomic E-state index is -0.788. The molecule has 2 aliphatic rings. The zero-order chi connectivity index (χ0) is 12.4. The molecule has 96 valence electrons. The third kappa shape index (κ3) is 2.97. The molecule has 5 nitrogen and oxygen atoms in total. The summed E-state index contributed by atoms with van der Waals surface area (Å²) in [5, 5.41) is 20.8. The van der Waals surface area contributed by atoms with Crippen LogP contribution in [-0.4, -0.2) is 34.7 Å². The molecule has 0 bridgehead atoms. The van der Waals surface area contributed by atoms with Crippen LogP contribution in [0.5, 0.6) is 0 Å². The smallest absolute Gasteiger partial charge is 0.320 e. The van der Waals surface area contributed by atoms with E-state index in [1.165, 1.54) is 0 Å². The average molecular weight is 241 g/mol. The van der Waals surface area contributed by atoms with Crippen LogP contribution in [-0.2, 0) is 9.59 Å². The number of piperidine rings is 1. The molecular formula is C12H19NO4. The fourth-order valence-electron chi connectivity index (χ4n) is 3.28. The Morgan fingerprint density at radius 2 is 1.88 bits per heavy atom. The van der Waals surface area contributed by atoms with Crippen molar-refractivity contribution in [3.05, 3.63) is 0 Å². The van der Waals surface area contributed by atoms with Gasteiger partial charge in [0, 0.05) is 6.42 Å². The Kier molecular flexibility index (Phi) is 3.66. The zero-order valence-corrected chi connectivity index (χ0v) is 9.76. The third-order valence-corrected chi connectivity index (χ3v) is 4.17. The Hall–Kier alpha value is -1.10. The highest BCUT2D eigenvalue weighted by Gasteiger charge is 2.37. The van der Waals surface area contributed by atoms with Gasteiger partial charge in [-0.05, 0) is 50.0 Å². The standard InChI is InChI=1S/C12H19NO4/c14-11(15)4-7-1-2-8-6-13-10(12(16)17)5-9(8)3-7/h7-10,13H,1-6H2,(H,14,15)(H,16,17)/t7-,8-,9+,10-/m1/s1. The second kappa shape index (κ2) is 5.04. The van der Waals surface area contributed by atoms with Crippen LogP contribution in [0.25, 0.3) is 0 Å². The maximum atomic E-state index is 10.9. The normalized spacial score (nSPS) is 37.2. The van der Waals surface area contributed by atoms with E-state index in [-0.39, 0.29) is 12.3 Å². The Balaban J connectivity index is 1.92. The van der Waals surface area contributed by atoms with E-state index < -0.39 is 18.0 Å². The average Bonchev–Trinajstić information content (AvgIpc) is 2.27. The van der Waals surface area contributed by atoms with Gasteiger partial charge in [0.25, 0.3) is 0 Å². The van der Waals surface area contributed by atoms with Gasteiger partial charge in [0.2, 0.25) is 0 Å². The van der Waals surface area contributed by atoms with Crippen molar-refractivity contribution in [2.75, 3.05) is 6.54 Å². The predicted octanol–water partition coefficient (Wildman–Crippen LogP) is 0.940. The summed E-state index contributed by atoms with van der Waals surface area (Å²) >= 11 is 0. The van der Waals surface area contributed by atoms with Gasteiger partial charge >= 0.3 is 11.9 Å². The van der Waals surface area contributed by atoms with Crippen LogP contribution in [0.2, 0.25) is 0 Å². The molecule has 1 heterocycles. The lowest BCUT2D eigenvalue weighted by atomic mass is 9.69. The molecule has 1 aliphatic carbocycles. The number of hydrogen-bond acceptors (Lipinski definition) is 3. The van der Waals surface area contributed by atoms with Crippen molar-refractivity contribution >= 4 is 11.9 Å². The van der Waals surface area contributed by atoms with E-state index in [0.717, 1.165) is 25.8 Å². The van der Waals surface area contributed by atoms with E-state index in [2.05, 4.69) is 5.32 Å². The summed E-state index contributed by atoms with van der Waals surface area (Å²) in [6.07, 6.45) is 3.75. The molecule has 2 fully saturated rings. The van der Waals surface area contributed by atoms with Gasteiger partial charge in [0.15, 0.2) is 0 Å². The minimum absolute atomic E-state index is 0.231. The lowest BCUT2D eigenvalue weighted by Gasteiger charge is -2.41. The van der Waals surface area contributed by atoms with Gasteiger partial charge in [0.05, 0.1) is 0 Å². The fourth-order valence-corrected chi connectivity index (χ4v) is 3.28. The largest absolute Gasteiger partial charge is 0.481 e. The summed E-state index contributed by atoms with van der Waals surface area (Å²) in [6, 6.07) is -0.445. The van der Waals surface area contributed by atoms with Crippen LogP contribution >= 0.6 is 0 Å². The molecule has 0 aromatic heterocycles. The maximum Gasteiger partial charge on any atom is 0.320 e. The molecule has 17 heavy (non-hydrogen) atoms. The van der Waals surface area contributed by atoms with Crippen molar-refractivity contribution in [2.24, 2.45) is 17.8 Å². The fraction of sp³-hybridized carbons (Fsp3) is 0.833. The Morgan fingerprint density at radius 3 is 2.53 bits per heavy atom. The van der Waals surface area contributed by atoms with Gasteiger partial charge in [-0.1, -0.05) is 0 Å². The third-order valence-electron chi connectivity index (χ3n) is 4.17. The molecule has 0 aromatic carbocycles. The topological polar surface area (TPSA) is 86.6 Å². The molecule has 0 unspecified atom stereocenters. The molecule has 1 saturated carbocycles. The van der Waals surface area contributed by atoms with Crippen LogP contribution in [0.15, 0.2) is 0 Å². The minimum Gasteiger partial charge on any atom is -0.481 e. The molecule has 0 radical (unpaired) electrons. The second-order valence-corrected chi connectivity index (χ2v) is 5.33. The molecule has 0 spiro atoms. The molecule has 0 amide bonds. The Labute approximate surface area is 100 Å². The van der Waals surface area contributed by atoms with Crippen molar-refractivity contribution in [1.82, 2.24) is 5.32 Å². The van der Waals surface area contributed by atoms with Gasteiger partial charge in [-0.15, -0.1) is 0 Å². The summed E-state index contributed by atoms with van der Waals surface area (Å²) in [6.45, 7) is 0.765. The molecular weight excluding hydrogens is 222 g/mol. The van der Waals surface area contributed by atoms with Gasteiger partial charge in [-0.3, -0.25) is 9.59 Å². The SMILES string of the molecule is O=C(O)C[C@@H]1CC[C@@H]2CN[C@@H](C(=O)O)C[C@@H]2C1. The van der Waals surface area contributed by atoms with Gasteiger partial charge in [-0.25, -0.2) is 0 Å². The van der Waals surface area contributed by atoms with E-state index in [0.29, 0.717) is 18.3 Å². The van der Waals surface area contributed by atoms with Crippen molar-refractivity contribution in [3.63, 3.8) is 0 Å². The number of nitrogens with one attached hydrogen (secondary N) is 1. The first-order valence-electron chi connectivity index (χ1n) is 6.24. The predicted molar refractivity (Wildman–Crippen MR) is 60.6 cm³/mol. The van der Waals surface area contributed by atoms with E-state index >= 15 is 0 Å². The first-order chi connectivity index (χ1) is 8.06. The molecule has 1 aliphatic heterocycles. The maximum absolute atomic E-state index is 10.9. The van der Waals surface area contributed by atoms with Crippen molar-refractivity contribution in [2.45, 2.75) is 38.1 Å². The van der Waals surface area contributed by atoms with E-state index in [9.17, 15) is 9.59 Å². The molecule has 0 aromatic rings. The van der Waals surface area contributed by atoms with Crippen molar-refractivity contribution < 1.29 is 19.8 Å². The number of rotatable bonds is 3. The molecule has 4 atom stereocenters. The highest BCUT2D eigenvalue weighted by molar-refractivity contribution is 5.73. The second-order valence-electron chi connectivity index (χ2n) is 5.33. The summed E-state index contributed by atoms with van der Waals surface area (Å²) in [5.74, 6) is -0.367. The molecule has 3 N–H and O–H groups in total. The van der Waals surface area contributed by atoms with Crippen LogP contribution in [0, 0.1) is 17.8 Å². The number of carbonyl (C=O) groups is 2. The molecule has 5 heteroatoms. The summed E-state index contributed by atoms with van der Waals surface area (Å²) in [4.78, 5) is 21.6. The first-order valence-corrected chi connectivity index (χ1v) is 6.24. The number of carboxylic acids is 2. The van der Waals surface area contributed by atoms with Gasteiger partial charge in [-0.2, -0.15) is 0 Å². The Morgan fingerprint density at radius 1 is 1.12 bits per heavy atom. The summed E-state index contributed by atoms with van der Waals surface area (Å²) in [7, 11) is 0. The highest BCUT2D eigenvalue weighted by atomic mass is 16.4. The highest BCUT2D eigenvalue weighted by Crippen LogP contribution is 2.39. The summed E-state index contributed by atoms with van der Waals surface area (Å²) in [5.41, 5.74) is 0. The lowest BCUT2D eigenvalue weighted by molar-refractivity contribution is -0.142. The van der Waals surface area contributed by atoms with Crippen molar-refractivity contribution in [3.8, 4) is 0 Å². The van der Waals surface area contributed by atoms with E-state index in [4.69, 9.17) is 10.2 Å². The number of aliphatic carboxylic acids is 2. The lowest BCUT2D eigenvalue weighted by Crippen LogP contribution is -2.49. The Bertz CT molecular complexity index is 318. The molecule has 1 saturated heterocycles. The van der Waals surface area contributed by atoms with Crippen LogP contribution in [0.1, 0.15) is 32.1 Å². The first kappa shape index (κ1) is 12.4.